The van der Waals surface area contributed by atoms with E-state index in [1.165, 1.54) is 32.6 Å². The van der Waals surface area contributed by atoms with Crippen LogP contribution in [0.4, 0.5) is 0 Å². The fraction of sp³-hybridized carbons (Fsp3) is 0. The molecule has 0 atom stereocenters. The second-order valence-corrected chi connectivity index (χ2v) is 13.9. The van der Waals surface area contributed by atoms with Gasteiger partial charge in [-0.05, 0) is 105 Å². The standard InChI is InChI=1S/C50H31N5/c1-2-14-41-40(13-1)42(19-20-45(41)55-46-15-5-7-34-17-18-35-8-6-16-47(55)49(35)48(34)46)50-53-43(38-11-3-9-36(29-38)32-21-25-51-26-22-32)31-44(54-50)39-12-4-10-37(30-39)33-23-27-52-28-24-33/h1-31H. The van der Waals surface area contributed by atoms with Gasteiger partial charge in [0, 0.05) is 57.6 Å². The molecule has 0 bridgehead atoms. The highest BCUT2D eigenvalue weighted by Crippen LogP contribution is 2.42. The van der Waals surface area contributed by atoms with E-state index >= 15 is 0 Å². The van der Waals surface area contributed by atoms with E-state index in [4.69, 9.17) is 9.97 Å². The summed E-state index contributed by atoms with van der Waals surface area (Å²) < 4.78 is 2.43. The van der Waals surface area contributed by atoms with Crippen LogP contribution < -0.4 is 0 Å². The van der Waals surface area contributed by atoms with Gasteiger partial charge in [0.25, 0.3) is 0 Å². The van der Waals surface area contributed by atoms with Gasteiger partial charge in [0.05, 0.1) is 28.1 Å². The first-order valence-electron chi connectivity index (χ1n) is 18.4. The van der Waals surface area contributed by atoms with Crippen LogP contribution in [0.1, 0.15) is 0 Å². The minimum Gasteiger partial charge on any atom is -0.309 e. The van der Waals surface area contributed by atoms with Gasteiger partial charge in [-0.15, -0.1) is 0 Å². The van der Waals surface area contributed by atoms with Crippen LogP contribution in [0.2, 0.25) is 0 Å². The van der Waals surface area contributed by atoms with E-state index < -0.39 is 0 Å². The van der Waals surface area contributed by atoms with E-state index in [9.17, 15) is 0 Å². The molecule has 0 amide bonds. The summed E-state index contributed by atoms with van der Waals surface area (Å²) in [5.41, 5.74) is 12.7. The van der Waals surface area contributed by atoms with Crippen LogP contribution in [0.3, 0.4) is 0 Å². The van der Waals surface area contributed by atoms with E-state index in [0.29, 0.717) is 5.82 Å². The Hall–Kier alpha value is -7.50. The van der Waals surface area contributed by atoms with Gasteiger partial charge in [-0.25, -0.2) is 9.97 Å². The molecule has 55 heavy (non-hydrogen) atoms. The molecule has 0 fully saturated rings. The molecule has 0 spiro atoms. The molecular weight excluding hydrogens is 671 g/mol. The Balaban J connectivity index is 1.13. The molecule has 4 heterocycles. The van der Waals surface area contributed by atoms with Crippen LogP contribution in [0.5, 0.6) is 0 Å². The Bertz CT molecular complexity index is 3030. The third kappa shape index (κ3) is 5.17. The third-order valence-electron chi connectivity index (χ3n) is 10.8. The summed E-state index contributed by atoms with van der Waals surface area (Å²) in [5, 5.41) is 7.32. The molecule has 7 aromatic carbocycles. The zero-order valence-electron chi connectivity index (χ0n) is 29.6. The summed E-state index contributed by atoms with van der Waals surface area (Å²) in [5.74, 6) is 0.674. The monoisotopic (exact) mass is 701 g/mol. The van der Waals surface area contributed by atoms with Gasteiger partial charge in [0.2, 0.25) is 0 Å². The smallest absolute Gasteiger partial charge is 0.161 e. The molecule has 0 aliphatic carbocycles. The Morgan fingerprint density at radius 1 is 0.364 bits per heavy atom. The quantitative estimate of drug-likeness (QED) is 0.162. The predicted molar refractivity (Wildman–Crippen MR) is 225 cm³/mol. The molecule has 0 aliphatic rings. The van der Waals surface area contributed by atoms with Crippen molar-refractivity contribution >= 4 is 43.4 Å². The predicted octanol–water partition coefficient (Wildman–Crippen LogP) is 12.4. The third-order valence-corrected chi connectivity index (χ3v) is 10.8. The Morgan fingerprint density at radius 3 is 1.44 bits per heavy atom. The molecule has 5 heteroatoms. The van der Waals surface area contributed by atoms with Gasteiger partial charge >= 0.3 is 0 Å². The molecule has 0 aliphatic heterocycles. The van der Waals surface area contributed by atoms with Crippen molar-refractivity contribution < 1.29 is 0 Å². The van der Waals surface area contributed by atoms with E-state index in [0.717, 1.165) is 66.8 Å². The van der Waals surface area contributed by atoms with Crippen molar-refractivity contribution in [3.63, 3.8) is 0 Å². The van der Waals surface area contributed by atoms with Crippen molar-refractivity contribution in [1.82, 2.24) is 24.5 Å². The van der Waals surface area contributed by atoms with Crippen LogP contribution >= 0.6 is 0 Å². The molecule has 11 aromatic rings. The van der Waals surface area contributed by atoms with Gasteiger partial charge in [-0.3, -0.25) is 9.97 Å². The van der Waals surface area contributed by atoms with E-state index in [1.54, 1.807) is 0 Å². The first kappa shape index (κ1) is 31.1. The fourth-order valence-corrected chi connectivity index (χ4v) is 8.22. The highest BCUT2D eigenvalue weighted by atomic mass is 15.0. The number of hydrogen-bond donors (Lipinski definition) is 0. The van der Waals surface area contributed by atoms with E-state index in [2.05, 4.69) is 154 Å². The minimum absolute atomic E-state index is 0.674. The Kier molecular flexibility index (Phi) is 7.10. The summed E-state index contributed by atoms with van der Waals surface area (Å²) in [6, 6.07) is 58.1. The summed E-state index contributed by atoms with van der Waals surface area (Å²) in [7, 11) is 0. The van der Waals surface area contributed by atoms with Gasteiger partial charge < -0.3 is 4.57 Å². The SMILES string of the molecule is c1cc(-c2ccncc2)cc(-c2cc(-c3cccc(-c4ccncc4)c3)nc(-c3ccc(-n4c5cccc6ccc7cccc4c7c65)c4ccccc34)n2)c1. The zero-order chi connectivity index (χ0) is 36.3. The molecule has 0 radical (unpaired) electrons. The molecule has 0 N–H and O–H groups in total. The Labute approximate surface area is 317 Å². The topological polar surface area (TPSA) is 56.5 Å². The van der Waals surface area contributed by atoms with Gasteiger partial charge in [-0.1, -0.05) is 97.1 Å². The molecular formula is C50H31N5. The molecule has 0 saturated carbocycles. The van der Waals surface area contributed by atoms with E-state index in [1.807, 2.05) is 49.1 Å². The fourth-order valence-electron chi connectivity index (χ4n) is 8.22. The van der Waals surface area contributed by atoms with Crippen molar-refractivity contribution in [1.29, 1.82) is 0 Å². The number of pyridine rings is 2. The van der Waals surface area contributed by atoms with Crippen LogP contribution in [0.15, 0.2) is 189 Å². The summed E-state index contributed by atoms with van der Waals surface area (Å²) in [6.07, 6.45) is 7.31. The molecule has 5 nitrogen and oxygen atoms in total. The van der Waals surface area contributed by atoms with Crippen molar-refractivity contribution in [2.45, 2.75) is 0 Å². The van der Waals surface area contributed by atoms with E-state index in [-0.39, 0.29) is 0 Å². The zero-order valence-corrected chi connectivity index (χ0v) is 29.6. The average molecular weight is 702 g/mol. The first-order chi connectivity index (χ1) is 27.3. The summed E-state index contributed by atoms with van der Waals surface area (Å²) in [6.45, 7) is 0. The maximum absolute atomic E-state index is 5.34. The Morgan fingerprint density at radius 2 is 0.873 bits per heavy atom. The molecule has 256 valence electrons. The number of hydrogen-bond acceptors (Lipinski definition) is 4. The lowest BCUT2D eigenvalue weighted by Crippen LogP contribution is -1.99. The van der Waals surface area contributed by atoms with Crippen molar-refractivity contribution in [3.8, 4) is 61.8 Å². The lowest BCUT2D eigenvalue weighted by Gasteiger charge is -2.16. The number of aromatic nitrogens is 5. The summed E-state index contributed by atoms with van der Waals surface area (Å²) >= 11 is 0. The van der Waals surface area contributed by atoms with Gasteiger partial charge in [0.15, 0.2) is 5.82 Å². The minimum atomic E-state index is 0.674. The number of nitrogens with zero attached hydrogens (tertiary/aromatic N) is 5. The van der Waals surface area contributed by atoms with Crippen molar-refractivity contribution in [2.24, 2.45) is 0 Å². The summed E-state index contributed by atoms with van der Waals surface area (Å²) in [4.78, 5) is 19.1. The lowest BCUT2D eigenvalue weighted by atomic mass is 9.98. The number of fused-ring (bicyclic) bond motifs is 1. The molecule has 11 rings (SSSR count). The molecule has 4 aromatic heterocycles. The van der Waals surface area contributed by atoms with Crippen molar-refractivity contribution in [3.05, 3.63) is 189 Å². The average Bonchev–Trinajstić information content (AvgIpc) is 3.61. The highest BCUT2D eigenvalue weighted by Gasteiger charge is 2.20. The maximum atomic E-state index is 5.34. The van der Waals surface area contributed by atoms with Crippen LogP contribution in [-0.2, 0) is 0 Å². The number of benzene rings is 7. The molecule has 0 saturated heterocycles. The lowest BCUT2D eigenvalue weighted by molar-refractivity contribution is 1.18. The highest BCUT2D eigenvalue weighted by molar-refractivity contribution is 6.24. The van der Waals surface area contributed by atoms with Crippen LogP contribution in [0.25, 0.3) is 105 Å². The normalized spacial score (nSPS) is 11.6. The van der Waals surface area contributed by atoms with Crippen LogP contribution in [0, 0.1) is 0 Å². The maximum Gasteiger partial charge on any atom is 0.161 e. The first-order valence-corrected chi connectivity index (χ1v) is 18.4. The van der Waals surface area contributed by atoms with Crippen LogP contribution in [-0.4, -0.2) is 24.5 Å². The van der Waals surface area contributed by atoms with Gasteiger partial charge in [0.1, 0.15) is 0 Å². The largest absolute Gasteiger partial charge is 0.309 e. The molecule has 0 unspecified atom stereocenters. The second kappa shape index (κ2) is 12.6. The van der Waals surface area contributed by atoms with Gasteiger partial charge in [-0.2, -0.15) is 0 Å². The van der Waals surface area contributed by atoms with Crippen molar-refractivity contribution in [2.75, 3.05) is 0 Å². The number of rotatable bonds is 6. The second-order valence-electron chi connectivity index (χ2n) is 13.9.